The number of carbonyl (C=O) groups is 1. The number of esters is 1. The number of hydrogen-bond donors (Lipinski definition) is 1. The number of phenols is 1. The van der Waals surface area contributed by atoms with Crippen molar-refractivity contribution in [3.05, 3.63) is 63.4 Å². The van der Waals surface area contributed by atoms with E-state index in [1.165, 1.54) is 12.1 Å². The number of aromatic nitrogens is 2. The lowest BCUT2D eigenvalue weighted by Crippen LogP contribution is -2.05. The molecule has 1 heterocycles. The van der Waals surface area contributed by atoms with Crippen molar-refractivity contribution in [2.24, 2.45) is 0 Å². The largest absolute Gasteiger partial charge is 0.507 e. The molecule has 0 aliphatic rings. The Labute approximate surface area is 150 Å². The third kappa shape index (κ3) is 3.74. The molecule has 0 amide bonds. The highest BCUT2D eigenvalue weighted by Gasteiger charge is 2.15. The van der Waals surface area contributed by atoms with Crippen LogP contribution in [0.4, 0.5) is 0 Å². The second kappa shape index (κ2) is 7.02. The van der Waals surface area contributed by atoms with E-state index in [9.17, 15) is 9.90 Å². The molecule has 3 aromatic rings. The van der Waals surface area contributed by atoms with Crippen LogP contribution in [0.25, 0.3) is 11.5 Å². The minimum atomic E-state index is -0.694. The fourth-order valence-corrected chi connectivity index (χ4v) is 2.38. The van der Waals surface area contributed by atoms with E-state index in [1.807, 2.05) is 0 Å². The minimum absolute atomic E-state index is 0.0433. The molecule has 0 atom stereocenters. The van der Waals surface area contributed by atoms with Gasteiger partial charge in [-0.1, -0.05) is 27.5 Å². The van der Waals surface area contributed by atoms with Gasteiger partial charge in [0.2, 0.25) is 5.89 Å². The fourth-order valence-electron chi connectivity index (χ4n) is 1.90. The molecule has 2 aromatic carbocycles. The van der Waals surface area contributed by atoms with Crippen LogP contribution >= 0.6 is 27.5 Å². The summed E-state index contributed by atoms with van der Waals surface area (Å²) in [7, 11) is 0. The maximum Gasteiger partial charge on any atom is 0.342 e. The average molecular weight is 410 g/mol. The van der Waals surface area contributed by atoms with Gasteiger partial charge in [-0.3, -0.25) is 0 Å². The monoisotopic (exact) mass is 408 g/mol. The zero-order chi connectivity index (χ0) is 17.1. The topological polar surface area (TPSA) is 85.5 Å². The second-order valence-electron chi connectivity index (χ2n) is 4.75. The van der Waals surface area contributed by atoms with Gasteiger partial charge in [-0.2, -0.15) is 0 Å². The number of rotatable bonds is 4. The molecule has 0 aliphatic carbocycles. The van der Waals surface area contributed by atoms with Gasteiger partial charge in [0.05, 0.1) is 0 Å². The van der Waals surface area contributed by atoms with Crippen LogP contribution in [0, 0.1) is 0 Å². The second-order valence-corrected chi connectivity index (χ2v) is 6.10. The number of nitrogens with zero attached hydrogens (tertiary/aromatic N) is 2. The Morgan fingerprint density at radius 1 is 1.21 bits per heavy atom. The summed E-state index contributed by atoms with van der Waals surface area (Å²) in [5.74, 6) is -0.429. The maximum atomic E-state index is 12.0. The number of phenolic OH excluding ortho intramolecular Hbond substituents is 1. The Morgan fingerprint density at radius 2 is 1.96 bits per heavy atom. The van der Waals surface area contributed by atoms with Crippen molar-refractivity contribution in [1.29, 1.82) is 0 Å². The molecular weight excluding hydrogens is 400 g/mol. The molecule has 3 rings (SSSR count). The van der Waals surface area contributed by atoms with Crippen LogP contribution in [0.2, 0.25) is 5.02 Å². The van der Waals surface area contributed by atoms with Crippen molar-refractivity contribution in [3.63, 3.8) is 0 Å². The molecule has 1 N–H and O–H groups in total. The Balaban J connectivity index is 1.68. The first kappa shape index (κ1) is 16.5. The van der Waals surface area contributed by atoms with Crippen LogP contribution in [0.3, 0.4) is 0 Å². The van der Waals surface area contributed by atoms with Crippen molar-refractivity contribution >= 4 is 33.5 Å². The summed E-state index contributed by atoms with van der Waals surface area (Å²) in [6, 6.07) is 11.4. The number of aromatic hydroxyl groups is 1. The van der Waals surface area contributed by atoms with E-state index in [-0.39, 0.29) is 23.8 Å². The molecule has 0 fully saturated rings. The minimum Gasteiger partial charge on any atom is -0.507 e. The van der Waals surface area contributed by atoms with Crippen molar-refractivity contribution in [2.75, 3.05) is 0 Å². The summed E-state index contributed by atoms with van der Waals surface area (Å²) in [6.45, 7) is -0.203. The Bertz CT molecular complexity index is 880. The molecule has 24 heavy (non-hydrogen) atoms. The third-order valence-corrected chi connectivity index (χ3v) is 3.81. The van der Waals surface area contributed by atoms with Crippen LogP contribution in [-0.2, 0) is 11.3 Å². The summed E-state index contributed by atoms with van der Waals surface area (Å²) >= 11 is 9.05. The molecule has 0 saturated carbocycles. The predicted molar refractivity (Wildman–Crippen MR) is 89.7 cm³/mol. The van der Waals surface area contributed by atoms with E-state index in [2.05, 4.69) is 26.1 Å². The van der Waals surface area contributed by atoms with E-state index in [0.29, 0.717) is 20.9 Å². The molecule has 8 heteroatoms. The molecule has 0 unspecified atom stereocenters. The lowest BCUT2D eigenvalue weighted by Gasteiger charge is -2.04. The number of halogens is 2. The van der Waals surface area contributed by atoms with Gasteiger partial charge in [-0.25, -0.2) is 4.79 Å². The van der Waals surface area contributed by atoms with Gasteiger partial charge < -0.3 is 14.3 Å². The zero-order valence-electron chi connectivity index (χ0n) is 12.1. The molecule has 0 aliphatic heterocycles. The first-order valence-corrected chi connectivity index (χ1v) is 7.94. The van der Waals surface area contributed by atoms with E-state index >= 15 is 0 Å². The molecule has 0 bridgehead atoms. The first-order valence-electron chi connectivity index (χ1n) is 6.77. The Morgan fingerprint density at radius 3 is 2.71 bits per heavy atom. The highest BCUT2D eigenvalue weighted by atomic mass is 79.9. The molecule has 0 saturated heterocycles. The standard InChI is InChI=1S/C16H10BrClN2O4/c17-10-3-6-13(21)12(7-10)16(22)23-8-14-19-20-15(24-14)9-1-4-11(18)5-2-9/h1-7,21H,8H2. The molecule has 122 valence electrons. The molecular formula is C16H10BrClN2O4. The normalized spacial score (nSPS) is 10.6. The van der Waals surface area contributed by atoms with Crippen LogP contribution in [-0.4, -0.2) is 21.3 Å². The van der Waals surface area contributed by atoms with E-state index < -0.39 is 5.97 Å². The van der Waals surface area contributed by atoms with Gasteiger partial charge in [-0.05, 0) is 42.5 Å². The number of hydrogen-bond acceptors (Lipinski definition) is 6. The third-order valence-electron chi connectivity index (χ3n) is 3.06. The smallest absolute Gasteiger partial charge is 0.342 e. The molecule has 1 aromatic heterocycles. The lowest BCUT2D eigenvalue weighted by molar-refractivity contribution is 0.0435. The molecule has 0 radical (unpaired) electrons. The summed E-state index contributed by atoms with van der Waals surface area (Å²) in [4.78, 5) is 12.0. The van der Waals surface area contributed by atoms with E-state index in [0.717, 1.165) is 0 Å². The lowest BCUT2D eigenvalue weighted by atomic mass is 10.2. The highest BCUT2D eigenvalue weighted by molar-refractivity contribution is 9.10. The SMILES string of the molecule is O=C(OCc1nnc(-c2ccc(Cl)cc2)o1)c1cc(Br)ccc1O. The quantitative estimate of drug-likeness (QED) is 0.650. The summed E-state index contributed by atoms with van der Waals surface area (Å²) < 4.78 is 11.2. The predicted octanol–water partition coefficient (Wildman–Crippen LogP) is 4.22. The van der Waals surface area contributed by atoms with Crippen molar-refractivity contribution < 1.29 is 19.1 Å². The van der Waals surface area contributed by atoms with Crippen LogP contribution < -0.4 is 0 Å². The summed E-state index contributed by atoms with van der Waals surface area (Å²) in [5, 5.41) is 18.0. The number of ether oxygens (including phenoxy) is 1. The van der Waals surface area contributed by atoms with Crippen molar-refractivity contribution in [3.8, 4) is 17.2 Å². The van der Waals surface area contributed by atoms with Crippen LogP contribution in [0.5, 0.6) is 5.75 Å². The van der Waals surface area contributed by atoms with Gasteiger partial charge in [0.1, 0.15) is 11.3 Å². The zero-order valence-corrected chi connectivity index (χ0v) is 14.4. The van der Waals surface area contributed by atoms with Gasteiger partial charge in [0.25, 0.3) is 5.89 Å². The fraction of sp³-hybridized carbons (Fsp3) is 0.0625. The highest BCUT2D eigenvalue weighted by Crippen LogP contribution is 2.24. The van der Waals surface area contributed by atoms with E-state index in [1.54, 1.807) is 30.3 Å². The van der Waals surface area contributed by atoms with Crippen molar-refractivity contribution in [2.45, 2.75) is 6.61 Å². The maximum absolute atomic E-state index is 12.0. The van der Waals surface area contributed by atoms with E-state index in [4.69, 9.17) is 20.8 Å². The Hall–Kier alpha value is -2.38. The van der Waals surface area contributed by atoms with Gasteiger partial charge in [0, 0.05) is 15.1 Å². The molecule has 0 spiro atoms. The number of benzene rings is 2. The summed E-state index contributed by atoms with van der Waals surface area (Å²) in [5.41, 5.74) is 0.746. The van der Waals surface area contributed by atoms with Gasteiger partial charge in [-0.15, -0.1) is 10.2 Å². The average Bonchev–Trinajstić information content (AvgIpc) is 3.04. The summed E-state index contributed by atoms with van der Waals surface area (Å²) in [6.07, 6.45) is 0. The van der Waals surface area contributed by atoms with Crippen molar-refractivity contribution in [1.82, 2.24) is 10.2 Å². The Kier molecular flexibility index (Phi) is 4.82. The molecule has 6 nitrogen and oxygen atoms in total. The number of carbonyl (C=O) groups excluding carboxylic acids is 1. The van der Waals surface area contributed by atoms with Crippen LogP contribution in [0.1, 0.15) is 16.2 Å². The van der Waals surface area contributed by atoms with Gasteiger partial charge >= 0.3 is 5.97 Å². The van der Waals surface area contributed by atoms with Crippen LogP contribution in [0.15, 0.2) is 51.4 Å². The first-order chi connectivity index (χ1) is 11.5. The van der Waals surface area contributed by atoms with Gasteiger partial charge in [0.15, 0.2) is 6.61 Å².